The average Bonchev–Trinajstić information content (AvgIpc) is 3.50. The van der Waals surface area contributed by atoms with Crippen molar-refractivity contribution in [3.63, 3.8) is 0 Å². The molecule has 0 saturated carbocycles. The highest BCUT2D eigenvalue weighted by Crippen LogP contribution is 2.45. The molecule has 0 aliphatic rings. The van der Waals surface area contributed by atoms with Crippen molar-refractivity contribution in [3.05, 3.63) is 0 Å². The van der Waals surface area contributed by atoms with E-state index in [1.807, 2.05) is 0 Å². The molecule has 498 valence electrons. The molecule has 0 heterocycles. The van der Waals surface area contributed by atoms with E-state index in [4.69, 9.17) is 37.0 Å². The fourth-order valence-electron chi connectivity index (χ4n) is 9.54. The van der Waals surface area contributed by atoms with Gasteiger partial charge in [0.15, 0.2) is 12.2 Å². The van der Waals surface area contributed by atoms with E-state index in [2.05, 4.69) is 55.4 Å². The molecule has 0 saturated heterocycles. The predicted octanol–water partition coefficient (Wildman–Crippen LogP) is 17.8. The van der Waals surface area contributed by atoms with E-state index in [9.17, 15) is 43.2 Å². The van der Waals surface area contributed by atoms with Gasteiger partial charge >= 0.3 is 39.5 Å². The summed E-state index contributed by atoms with van der Waals surface area (Å²) >= 11 is 0. The summed E-state index contributed by atoms with van der Waals surface area (Å²) in [6.07, 6.45) is 35.0. The van der Waals surface area contributed by atoms with E-state index in [-0.39, 0.29) is 25.7 Å². The number of esters is 4. The third-order valence-corrected chi connectivity index (χ3v) is 17.4. The molecule has 0 aliphatic heterocycles. The van der Waals surface area contributed by atoms with Gasteiger partial charge in [0.25, 0.3) is 0 Å². The molecule has 0 amide bonds. The minimum atomic E-state index is -4.95. The lowest BCUT2D eigenvalue weighted by molar-refractivity contribution is -0.161. The smallest absolute Gasteiger partial charge is 0.462 e. The summed E-state index contributed by atoms with van der Waals surface area (Å²) in [5.41, 5.74) is 0. The van der Waals surface area contributed by atoms with Crippen molar-refractivity contribution in [2.75, 3.05) is 39.6 Å². The predicted molar refractivity (Wildman–Crippen MR) is 335 cm³/mol. The molecule has 0 aromatic rings. The molecule has 7 atom stereocenters. The van der Waals surface area contributed by atoms with Crippen LogP contribution in [0.2, 0.25) is 0 Å². The third kappa shape index (κ3) is 56.6. The fourth-order valence-corrected chi connectivity index (χ4v) is 11.1. The lowest BCUT2D eigenvalue weighted by Gasteiger charge is -2.21. The van der Waals surface area contributed by atoms with Crippen molar-refractivity contribution < 1.29 is 80.2 Å². The van der Waals surface area contributed by atoms with E-state index < -0.39 is 97.5 Å². The number of aliphatic hydroxyl groups excluding tert-OH is 1. The largest absolute Gasteiger partial charge is 0.472 e. The number of carbonyl (C=O) groups is 4. The monoisotopic (exact) mass is 1240 g/mol. The Hall–Kier alpha value is -1.94. The second-order valence-electron chi connectivity index (χ2n) is 24.9. The molecule has 0 bridgehead atoms. The Kier molecular flexibility index (Phi) is 53.9. The van der Waals surface area contributed by atoms with Gasteiger partial charge in [0.1, 0.15) is 19.3 Å². The van der Waals surface area contributed by atoms with Crippen LogP contribution in [0.25, 0.3) is 0 Å². The number of aliphatic hydroxyl groups is 1. The van der Waals surface area contributed by atoms with Crippen molar-refractivity contribution in [3.8, 4) is 0 Å². The van der Waals surface area contributed by atoms with Gasteiger partial charge in [0.2, 0.25) is 0 Å². The number of hydrogen-bond acceptors (Lipinski definition) is 15. The number of carbonyl (C=O) groups excluding carboxylic acids is 4. The first-order chi connectivity index (χ1) is 40.2. The molecule has 0 rings (SSSR count). The van der Waals surface area contributed by atoms with Crippen molar-refractivity contribution in [2.24, 2.45) is 23.7 Å². The summed E-state index contributed by atoms with van der Waals surface area (Å²) in [4.78, 5) is 72.2. The Morgan fingerprint density at radius 3 is 0.845 bits per heavy atom. The molecule has 0 aromatic carbocycles. The van der Waals surface area contributed by atoms with E-state index in [0.29, 0.717) is 31.6 Å². The zero-order chi connectivity index (χ0) is 62.5. The summed E-state index contributed by atoms with van der Waals surface area (Å²) in [5, 5.41) is 10.5. The molecular weight excluding hydrogens is 1110 g/mol. The Morgan fingerprint density at radius 2 is 0.571 bits per heavy atom. The molecule has 0 radical (unpaired) electrons. The van der Waals surface area contributed by atoms with Crippen molar-refractivity contribution >= 4 is 39.5 Å². The van der Waals surface area contributed by atoms with Crippen LogP contribution in [0.15, 0.2) is 0 Å². The molecule has 0 fully saturated rings. The summed E-state index contributed by atoms with van der Waals surface area (Å²) in [5.74, 6) is 0.776. The van der Waals surface area contributed by atoms with Crippen LogP contribution in [0, 0.1) is 23.7 Å². The van der Waals surface area contributed by atoms with Crippen LogP contribution in [0.3, 0.4) is 0 Å². The van der Waals surface area contributed by atoms with Crippen LogP contribution < -0.4 is 0 Å². The molecule has 0 aromatic heterocycles. The summed E-state index contributed by atoms with van der Waals surface area (Å²) in [6, 6.07) is 0. The maximum atomic E-state index is 13.0. The molecule has 3 N–H and O–H groups in total. The van der Waals surface area contributed by atoms with Crippen LogP contribution in [0.4, 0.5) is 0 Å². The molecule has 17 nitrogen and oxygen atoms in total. The van der Waals surface area contributed by atoms with Gasteiger partial charge in [0.05, 0.1) is 26.4 Å². The maximum absolute atomic E-state index is 13.0. The molecule has 0 spiro atoms. The van der Waals surface area contributed by atoms with Crippen LogP contribution in [0.1, 0.15) is 312 Å². The number of phosphoric ester groups is 2. The van der Waals surface area contributed by atoms with Crippen molar-refractivity contribution in [2.45, 2.75) is 331 Å². The Bertz CT molecular complexity index is 1680. The SMILES string of the molecule is CCC(C)CCCCCCCCC(=O)OC[C@H](COP(=O)(O)OC[C@H](O)COP(=O)(O)OC[C@@H](COC(=O)CCCCCCCCCCCCCC(C)C)OC(=O)CCCCCCCCC(C)CC)OC(=O)CCCCCCCCCC(C)C. The van der Waals surface area contributed by atoms with Gasteiger partial charge in [-0.05, 0) is 49.4 Å². The van der Waals surface area contributed by atoms with Gasteiger partial charge in [-0.3, -0.25) is 37.3 Å². The number of hydrogen-bond donors (Lipinski definition) is 3. The second-order valence-corrected chi connectivity index (χ2v) is 27.8. The first-order valence-electron chi connectivity index (χ1n) is 33.8. The van der Waals surface area contributed by atoms with E-state index in [0.717, 1.165) is 114 Å². The average molecular weight is 1240 g/mol. The number of rotatable bonds is 62. The van der Waals surface area contributed by atoms with Crippen LogP contribution in [0.5, 0.6) is 0 Å². The standard InChI is InChI=1S/C65H126O17P2/c1-9-57(7)43-35-27-21-23-30-38-46-63(68)76-52-60(81-64(69)47-39-31-20-16-18-26-34-42-56(5)6)53-79-83(71,72)77-49-59(66)50-78-84(73,74)80-54-61(82-65(70)48-40-32-24-22-28-36-44-58(8)10-2)51-75-62(67)45-37-29-19-15-13-11-12-14-17-25-33-41-55(3)4/h55-61,66H,9-54H2,1-8H3,(H,71,72)(H,73,74)/t57?,58?,59-,60+,61+/m0/s1. The van der Waals surface area contributed by atoms with E-state index >= 15 is 0 Å². The van der Waals surface area contributed by atoms with E-state index in [1.54, 1.807) is 0 Å². The topological polar surface area (TPSA) is 237 Å². The first-order valence-corrected chi connectivity index (χ1v) is 36.8. The number of phosphoric acid groups is 2. The fraction of sp³-hybridized carbons (Fsp3) is 0.938. The normalized spacial score (nSPS) is 15.1. The van der Waals surface area contributed by atoms with E-state index in [1.165, 1.54) is 109 Å². The van der Waals surface area contributed by atoms with Crippen LogP contribution in [-0.4, -0.2) is 96.7 Å². The zero-order valence-corrected chi connectivity index (χ0v) is 56.3. The minimum Gasteiger partial charge on any atom is -0.462 e. The minimum absolute atomic E-state index is 0.102. The van der Waals surface area contributed by atoms with Gasteiger partial charge in [0, 0.05) is 25.7 Å². The molecular formula is C65H126O17P2. The van der Waals surface area contributed by atoms with Crippen LogP contribution in [-0.2, 0) is 65.4 Å². The molecule has 0 aliphatic carbocycles. The second kappa shape index (κ2) is 55.2. The summed E-state index contributed by atoms with van der Waals surface area (Å²) in [7, 11) is -9.89. The third-order valence-electron chi connectivity index (χ3n) is 15.5. The highest BCUT2D eigenvalue weighted by molar-refractivity contribution is 7.47. The van der Waals surface area contributed by atoms with Gasteiger partial charge in [-0.25, -0.2) is 9.13 Å². The van der Waals surface area contributed by atoms with Gasteiger partial charge < -0.3 is 33.8 Å². The quantitative estimate of drug-likeness (QED) is 0.0222. The van der Waals surface area contributed by atoms with Crippen molar-refractivity contribution in [1.29, 1.82) is 0 Å². The molecule has 84 heavy (non-hydrogen) atoms. The highest BCUT2D eigenvalue weighted by Gasteiger charge is 2.30. The van der Waals surface area contributed by atoms with Crippen molar-refractivity contribution in [1.82, 2.24) is 0 Å². The lowest BCUT2D eigenvalue weighted by Crippen LogP contribution is -2.30. The van der Waals surface area contributed by atoms with Crippen LogP contribution >= 0.6 is 15.6 Å². The van der Waals surface area contributed by atoms with Gasteiger partial charge in [-0.1, -0.05) is 261 Å². The number of ether oxygens (including phenoxy) is 4. The molecule has 19 heteroatoms. The Morgan fingerprint density at radius 1 is 0.333 bits per heavy atom. The summed E-state index contributed by atoms with van der Waals surface area (Å²) < 4.78 is 68.0. The first kappa shape index (κ1) is 82.1. The van der Waals surface area contributed by atoms with Gasteiger partial charge in [-0.2, -0.15) is 0 Å². The Balaban J connectivity index is 5.24. The van der Waals surface area contributed by atoms with Gasteiger partial charge in [-0.15, -0.1) is 0 Å². The maximum Gasteiger partial charge on any atom is 0.472 e. The number of unbranched alkanes of at least 4 members (excludes halogenated alkanes) is 26. The lowest BCUT2D eigenvalue weighted by atomic mass is 10.00. The highest BCUT2D eigenvalue weighted by atomic mass is 31.2. The summed E-state index contributed by atoms with van der Waals surface area (Å²) in [6.45, 7) is 14.0. The molecule has 4 unspecified atom stereocenters. The Labute approximate surface area is 511 Å². The zero-order valence-electron chi connectivity index (χ0n) is 54.5.